The summed E-state index contributed by atoms with van der Waals surface area (Å²) in [5.74, 6) is 1.85. The first-order valence-corrected chi connectivity index (χ1v) is 9.73. The van der Waals surface area contributed by atoms with Crippen LogP contribution in [0.1, 0.15) is 44.4 Å². The van der Waals surface area contributed by atoms with Crippen LogP contribution in [-0.4, -0.2) is 38.8 Å². The van der Waals surface area contributed by atoms with Crippen LogP contribution in [0, 0.1) is 18.8 Å². The highest BCUT2D eigenvalue weighted by atomic mass is 16.2. The molecule has 144 valence electrons. The largest absolute Gasteiger partial charge is 0.342 e. The number of aryl methyl sites for hydroxylation is 1. The van der Waals surface area contributed by atoms with E-state index in [0.29, 0.717) is 28.9 Å². The van der Waals surface area contributed by atoms with Crippen LogP contribution in [0.15, 0.2) is 29.3 Å². The molecule has 2 aromatic heterocycles. The van der Waals surface area contributed by atoms with E-state index in [1.54, 1.807) is 31.5 Å². The number of rotatable bonds is 4. The average molecular weight is 368 g/mol. The van der Waals surface area contributed by atoms with Crippen LogP contribution in [0.5, 0.6) is 0 Å². The van der Waals surface area contributed by atoms with Crippen LogP contribution >= 0.6 is 0 Å². The van der Waals surface area contributed by atoms with Crippen LogP contribution in [0.2, 0.25) is 0 Å². The second kappa shape index (κ2) is 8.46. The number of hydrogen-bond acceptors (Lipinski definition) is 4. The van der Waals surface area contributed by atoms with Crippen molar-refractivity contribution < 1.29 is 4.79 Å². The Balaban J connectivity index is 1.74. The van der Waals surface area contributed by atoms with Crippen molar-refractivity contribution in [1.82, 2.24) is 19.9 Å². The number of aromatic nitrogens is 3. The van der Waals surface area contributed by atoms with E-state index in [9.17, 15) is 9.59 Å². The number of aromatic amines is 1. The Morgan fingerprint density at radius 1 is 1.26 bits per heavy atom. The molecule has 1 atom stereocenters. The van der Waals surface area contributed by atoms with Crippen molar-refractivity contribution >= 4 is 5.91 Å². The normalized spacial score (nSPS) is 17.8. The van der Waals surface area contributed by atoms with E-state index in [4.69, 9.17) is 0 Å². The third kappa shape index (κ3) is 4.62. The second-order valence-electron chi connectivity index (χ2n) is 7.71. The van der Waals surface area contributed by atoms with E-state index >= 15 is 0 Å². The number of carbonyl (C=O) groups excluding carboxylic acids is 1. The summed E-state index contributed by atoms with van der Waals surface area (Å²) in [4.78, 5) is 38.6. The lowest BCUT2D eigenvalue weighted by molar-refractivity contribution is -0.130. The van der Waals surface area contributed by atoms with E-state index in [0.717, 1.165) is 31.5 Å². The molecule has 0 aromatic carbocycles. The Labute approximate surface area is 160 Å². The molecule has 1 unspecified atom stereocenters. The number of carbonyl (C=O) groups is 1. The van der Waals surface area contributed by atoms with Crippen molar-refractivity contribution in [2.24, 2.45) is 11.8 Å². The molecule has 3 rings (SSSR count). The molecule has 1 N–H and O–H groups in total. The number of likely N-dealkylation sites (tertiary alicyclic amines) is 1. The fourth-order valence-electron chi connectivity index (χ4n) is 3.77. The SMILES string of the molecule is Cc1nc(-c2ccncc2)[nH]c(=O)c1CC(=O)N1CCCC(C(C)C)CC1. The van der Waals surface area contributed by atoms with Gasteiger partial charge in [-0.25, -0.2) is 4.98 Å². The molecule has 27 heavy (non-hydrogen) atoms. The molecule has 6 heteroatoms. The zero-order valence-electron chi connectivity index (χ0n) is 16.4. The first-order valence-electron chi connectivity index (χ1n) is 9.73. The minimum absolute atomic E-state index is 0.0199. The quantitative estimate of drug-likeness (QED) is 0.900. The number of amides is 1. The Bertz CT molecular complexity index is 845. The monoisotopic (exact) mass is 368 g/mol. The fourth-order valence-corrected chi connectivity index (χ4v) is 3.77. The molecule has 1 fully saturated rings. The number of hydrogen-bond donors (Lipinski definition) is 1. The second-order valence-corrected chi connectivity index (χ2v) is 7.71. The van der Waals surface area contributed by atoms with Crippen LogP contribution in [-0.2, 0) is 11.2 Å². The molecule has 1 amide bonds. The van der Waals surface area contributed by atoms with E-state index in [1.165, 1.54) is 6.42 Å². The van der Waals surface area contributed by atoms with Gasteiger partial charge in [0.15, 0.2) is 0 Å². The van der Waals surface area contributed by atoms with Crippen molar-refractivity contribution in [2.75, 3.05) is 13.1 Å². The highest BCUT2D eigenvalue weighted by molar-refractivity contribution is 5.79. The lowest BCUT2D eigenvalue weighted by Crippen LogP contribution is -2.35. The van der Waals surface area contributed by atoms with Gasteiger partial charge in [0.05, 0.1) is 6.42 Å². The van der Waals surface area contributed by atoms with Crippen molar-refractivity contribution in [2.45, 2.75) is 46.5 Å². The van der Waals surface area contributed by atoms with Crippen LogP contribution in [0.3, 0.4) is 0 Å². The molecular weight excluding hydrogens is 340 g/mol. The van der Waals surface area contributed by atoms with Crippen molar-refractivity contribution in [3.05, 3.63) is 46.1 Å². The molecule has 0 aliphatic carbocycles. The average Bonchev–Trinajstić information content (AvgIpc) is 2.91. The van der Waals surface area contributed by atoms with Crippen LogP contribution < -0.4 is 5.56 Å². The van der Waals surface area contributed by atoms with Crippen LogP contribution in [0.4, 0.5) is 0 Å². The first kappa shape index (κ1) is 19.3. The third-order valence-electron chi connectivity index (χ3n) is 5.57. The molecule has 0 saturated carbocycles. The van der Waals surface area contributed by atoms with Gasteiger partial charge in [-0.15, -0.1) is 0 Å². The molecule has 0 radical (unpaired) electrons. The zero-order valence-corrected chi connectivity index (χ0v) is 16.4. The summed E-state index contributed by atoms with van der Waals surface area (Å²) in [7, 11) is 0. The molecule has 1 saturated heterocycles. The maximum absolute atomic E-state index is 12.8. The van der Waals surface area contributed by atoms with Gasteiger partial charge in [0.25, 0.3) is 5.56 Å². The highest BCUT2D eigenvalue weighted by Gasteiger charge is 2.23. The predicted octanol–water partition coefficient (Wildman–Crippen LogP) is 2.97. The molecule has 0 bridgehead atoms. The van der Waals surface area contributed by atoms with E-state index in [2.05, 4.69) is 28.8 Å². The number of nitrogens with one attached hydrogen (secondary N) is 1. The summed E-state index contributed by atoms with van der Waals surface area (Å²) in [5.41, 5.74) is 1.63. The van der Waals surface area contributed by atoms with Gasteiger partial charge in [0.1, 0.15) is 5.82 Å². The molecule has 1 aliphatic heterocycles. The topological polar surface area (TPSA) is 79.0 Å². The Morgan fingerprint density at radius 2 is 2.00 bits per heavy atom. The van der Waals surface area contributed by atoms with Crippen molar-refractivity contribution in [1.29, 1.82) is 0 Å². The number of nitrogens with zero attached hydrogens (tertiary/aromatic N) is 3. The van der Waals surface area contributed by atoms with Gasteiger partial charge >= 0.3 is 0 Å². The Morgan fingerprint density at radius 3 is 2.67 bits per heavy atom. The predicted molar refractivity (Wildman–Crippen MR) is 105 cm³/mol. The summed E-state index contributed by atoms with van der Waals surface area (Å²) < 4.78 is 0. The Kier molecular flexibility index (Phi) is 6.04. The summed E-state index contributed by atoms with van der Waals surface area (Å²) >= 11 is 0. The van der Waals surface area contributed by atoms with E-state index in [1.807, 2.05) is 4.90 Å². The molecule has 0 spiro atoms. The summed E-state index contributed by atoms with van der Waals surface area (Å²) in [5, 5.41) is 0. The van der Waals surface area contributed by atoms with Crippen molar-refractivity contribution in [3.63, 3.8) is 0 Å². The molecule has 2 aromatic rings. The Hall–Kier alpha value is -2.50. The van der Waals surface area contributed by atoms with Gasteiger partial charge in [0, 0.05) is 42.3 Å². The lowest BCUT2D eigenvalue weighted by Gasteiger charge is -2.22. The van der Waals surface area contributed by atoms with Gasteiger partial charge in [-0.05, 0) is 50.2 Å². The minimum atomic E-state index is -0.238. The van der Waals surface area contributed by atoms with Gasteiger partial charge in [-0.2, -0.15) is 0 Å². The smallest absolute Gasteiger partial charge is 0.255 e. The van der Waals surface area contributed by atoms with E-state index in [-0.39, 0.29) is 17.9 Å². The fraction of sp³-hybridized carbons (Fsp3) is 0.524. The standard InChI is InChI=1S/C21H28N4O2/c1-14(2)16-5-4-11-25(12-8-16)19(26)13-18-15(3)23-20(24-21(18)27)17-6-9-22-10-7-17/h6-7,9-10,14,16H,4-5,8,11-13H2,1-3H3,(H,23,24,27). The van der Waals surface area contributed by atoms with Crippen LogP contribution in [0.25, 0.3) is 11.4 Å². The van der Waals surface area contributed by atoms with Gasteiger partial charge < -0.3 is 9.88 Å². The molecule has 6 nitrogen and oxygen atoms in total. The zero-order chi connectivity index (χ0) is 19.4. The highest BCUT2D eigenvalue weighted by Crippen LogP contribution is 2.25. The maximum Gasteiger partial charge on any atom is 0.255 e. The minimum Gasteiger partial charge on any atom is -0.342 e. The number of pyridine rings is 1. The summed E-state index contributed by atoms with van der Waals surface area (Å²) in [6, 6.07) is 3.59. The van der Waals surface area contributed by atoms with Crippen molar-refractivity contribution in [3.8, 4) is 11.4 Å². The third-order valence-corrected chi connectivity index (χ3v) is 5.57. The summed E-state index contributed by atoms with van der Waals surface area (Å²) in [6.07, 6.45) is 6.67. The van der Waals surface area contributed by atoms with Gasteiger partial charge in [-0.1, -0.05) is 13.8 Å². The first-order chi connectivity index (χ1) is 13.0. The van der Waals surface area contributed by atoms with E-state index < -0.39 is 0 Å². The summed E-state index contributed by atoms with van der Waals surface area (Å²) in [6.45, 7) is 7.85. The molecular formula is C21H28N4O2. The molecule has 3 heterocycles. The lowest BCUT2D eigenvalue weighted by atomic mass is 9.89. The number of H-pyrrole nitrogens is 1. The maximum atomic E-state index is 12.8. The van der Waals surface area contributed by atoms with Gasteiger partial charge in [0.2, 0.25) is 5.91 Å². The van der Waals surface area contributed by atoms with Gasteiger partial charge in [-0.3, -0.25) is 14.6 Å². The molecule has 1 aliphatic rings.